The van der Waals surface area contributed by atoms with Gasteiger partial charge in [0.25, 0.3) is 5.91 Å². The molecular formula is C18H15N5O. The Labute approximate surface area is 137 Å². The van der Waals surface area contributed by atoms with Gasteiger partial charge in [0.15, 0.2) is 0 Å². The molecule has 118 valence electrons. The number of amides is 1. The molecule has 0 spiro atoms. The van der Waals surface area contributed by atoms with Gasteiger partial charge in [0.05, 0.1) is 11.9 Å². The summed E-state index contributed by atoms with van der Waals surface area (Å²) in [5, 5.41) is 5.14. The molecule has 1 amide bonds. The van der Waals surface area contributed by atoms with Gasteiger partial charge in [-0.3, -0.25) is 9.20 Å². The molecule has 0 aliphatic heterocycles. The van der Waals surface area contributed by atoms with Crippen LogP contribution in [0.4, 0.5) is 0 Å². The standard InChI is InChI=1S/C18H15N5O/c1-12-17(23-9-5-4-8-16(23)21-12)18(24)22-20-11-13-10-19-15-7-3-2-6-14(13)15/h2-11,19H,1H3,(H,22,24)/b20-11+. The molecule has 0 aliphatic carbocycles. The number of aromatic nitrogens is 3. The smallest absolute Gasteiger partial charge is 0.290 e. The number of aryl methyl sites for hydroxylation is 1. The fraction of sp³-hybridized carbons (Fsp3) is 0.0556. The number of pyridine rings is 1. The number of para-hydroxylation sites is 1. The number of nitrogens with zero attached hydrogens (tertiary/aromatic N) is 3. The third kappa shape index (κ3) is 2.34. The SMILES string of the molecule is Cc1nc2ccccn2c1C(=O)N/N=C/c1c[nH]c2ccccc12. The number of rotatable bonds is 3. The summed E-state index contributed by atoms with van der Waals surface area (Å²) in [6, 6.07) is 13.5. The Morgan fingerprint density at radius 2 is 2.08 bits per heavy atom. The Morgan fingerprint density at radius 1 is 1.25 bits per heavy atom. The molecule has 0 unspecified atom stereocenters. The second-order valence-electron chi connectivity index (χ2n) is 5.46. The van der Waals surface area contributed by atoms with Crippen LogP contribution in [0.2, 0.25) is 0 Å². The number of carbonyl (C=O) groups excluding carboxylic acids is 1. The van der Waals surface area contributed by atoms with Crippen molar-refractivity contribution in [2.24, 2.45) is 5.10 Å². The van der Waals surface area contributed by atoms with Gasteiger partial charge in [-0.1, -0.05) is 24.3 Å². The zero-order valence-electron chi connectivity index (χ0n) is 13.0. The fourth-order valence-corrected chi connectivity index (χ4v) is 2.80. The van der Waals surface area contributed by atoms with E-state index in [1.165, 1.54) is 0 Å². The minimum absolute atomic E-state index is 0.290. The van der Waals surface area contributed by atoms with Crippen molar-refractivity contribution in [3.05, 3.63) is 71.8 Å². The zero-order valence-corrected chi connectivity index (χ0v) is 13.0. The number of fused-ring (bicyclic) bond motifs is 2. The van der Waals surface area contributed by atoms with E-state index in [1.54, 1.807) is 10.6 Å². The number of hydrazone groups is 1. The van der Waals surface area contributed by atoms with Crippen molar-refractivity contribution < 1.29 is 4.79 Å². The van der Waals surface area contributed by atoms with Crippen LogP contribution in [0.5, 0.6) is 0 Å². The third-order valence-electron chi connectivity index (χ3n) is 3.91. The molecule has 3 heterocycles. The van der Waals surface area contributed by atoms with Crippen LogP contribution >= 0.6 is 0 Å². The molecule has 4 rings (SSSR count). The Morgan fingerprint density at radius 3 is 3.00 bits per heavy atom. The van der Waals surface area contributed by atoms with E-state index in [0.29, 0.717) is 11.4 Å². The van der Waals surface area contributed by atoms with Crippen LogP contribution in [0.3, 0.4) is 0 Å². The number of imidazole rings is 1. The topological polar surface area (TPSA) is 74.6 Å². The number of carbonyl (C=O) groups is 1. The molecule has 0 aliphatic rings. The van der Waals surface area contributed by atoms with Crippen LogP contribution in [0.1, 0.15) is 21.7 Å². The van der Waals surface area contributed by atoms with Gasteiger partial charge in [0, 0.05) is 28.9 Å². The van der Waals surface area contributed by atoms with Gasteiger partial charge in [-0.2, -0.15) is 5.10 Å². The monoisotopic (exact) mass is 317 g/mol. The largest absolute Gasteiger partial charge is 0.361 e. The molecule has 0 saturated carbocycles. The Hall–Kier alpha value is -3.41. The molecule has 24 heavy (non-hydrogen) atoms. The van der Waals surface area contributed by atoms with Crippen molar-refractivity contribution >= 4 is 28.7 Å². The summed E-state index contributed by atoms with van der Waals surface area (Å²) in [4.78, 5) is 20.0. The predicted octanol–water partition coefficient (Wildman–Crippen LogP) is 2.89. The Kier molecular flexibility index (Phi) is 3.35. The Balaban J connectivity index is 1.59. The van der Waals surface area contributed by atoms with Gasteiger partial charge in [0.1, 0.15) is 11.3 Å². The maximum Gasteiger partial charge on any atom is 0.290 e. The molecule has 2 N–H and O–H groups in total. The lowest BCUT2D eigenvalue weighted by atomic mass is 10.2. The van der Waals surface area contributed by atoms with Gasteiger partial charge < -0.3 is 4.98 Å². The molecule has 3 aromatic heterocycles. The first-order valence-electron chi connectivity index (χ1n) is 7.57. The second-order valence-corrected chi connectivity index (χ2v) is 5.46. The predicted molar refractivity (Wildman–Crippen MR) is 93.3 cm³/mol. The van der Waals surface area contributed by atoms with Gasteiger partial charge in [-0.05, 0) is 25.1 Å². The minimum atomic E-state index is -0.290. The normalized spacial score (nSPS) is 11.5. The summed E-state index contributed by atoms with van der Waals surface area (Å²) in [6.07, 6.45) is 5.31. The second kappa shape index (κ2) is 5.66. The van der Waals surface area contributed by atoms with E-state index in [4.69, 9.17) is 0 Å². The highest BCUT2D eigenvalue weighted by atomic mass is 16.2. The summed E-state index contributed by atoms with van der Waals surface area (Å²) < 4.78 is 1.76. The first kappa shape index (κ1) is 14.2. The van der Waals surface area contributed by atoms with Crippen LogP contribution in [0.15, 0.2) is 60.0 Å². The van der Waals surface area contributed by atoms with Crippen LogP contribution in [-0.4, -0.2) is 26.5 Å². The van der Waals surface area contributed by atoms with Gasteiger partial charge in [-0.25, -0.2) is 10.4 Å². The molecule has 4 aromatic rings. The lowest BCUT2D eigenvalue weighted by Crippen LogP contribution is -2.20. The summed E-state index contributed by atoms with van der Waals surface area (Å²) in [5.41, 5.74) is 6.42. The average molecular weight is 317 g/mol. The maximum atomic E-state index is 12.4. The van der Waals surface area contributed by atoms with Crippen molar-refractivity contribution in [2.75, 3.05) is 0 Å². The van der Waals surface area contributed by atoms with E-state index < -0.39 is 0 Å². The average Bonchev–Trinajstić information content (AvgIpc) is 3.15. The van der Waals surface area contributed by atoms with Crippen LogP contribution in [0.25, 0.3) is 16.6 Å². The number of hydrogen-bond acceptors (Lipinski definition) is 3. The zero-order chi connectivity index (χ0) is 16.5. The molecular weight excluding hydrogens is 302 g/mol. The van der Waals surface area contributed by atoms with Crippen LogP contribution in [-0.2, 0) is 0 Å². The van der Waals surface area contributed by atoms with Crippen molar-refractivity contribution in [2.45, 2.75) is 6.92 Å². The third-order valence-corrected chi connectivity index (χ3v) is 3.91. The van der Waals surface area contributed by atoms with Crippen LogP contribution < -0.4 is 5.43 Å². The molecule has 0 atom stereocenters. The number of H-pyrrole nitrogens is 1. The first-order valence-corrected chi connectivity index (χ1v) is 7.57. The number of benzene rings is 1. The van der Waals surface area contributed by atoms with E-state index in [0.717, 1.165) is 22.1 Å². The summed E-state index contributed by atoms with van der Waals surface area (Å²) in [7, 11) is 0. The van der Waals surface area contributed by atoms with Crippen LogP contribution in [0, 0.1) is 6.92 Å². The molecule has 0 bridgehead atoms. The lowest BCUT2D eigenvalue weighted by molar-refractivity contribution is 0.0948. The summed E-state index contributed by atoms with van der Waals surface area (Å²) in [6.45, 7) is 1.81. The molecule has 1 aromatic carbocycles. The molecule has 6 heteroatoms. The van der Waals surface area contributed by atoms with E-state index in [2.05, 4.69) is 20.5 Å². The van der Waals surface area contributed by atoms with Gasteiger partial charge in [-0.15, -0.1) is 0 Å². The molecule has 0 fully saturated rings. The number of hydrogen-bond donors (Lipinski definition) is 2. The Bertz CT molecular complexity index is 1070. The van der Waals surface area contributed by atoms with E-state index in [1.807, 2.05) is 61.8 Å². The highest BCUT2D eigenvalue weighted by molar-refractivity contribution is 6.00. The molecule has 6 nitrogen and oxygen atoms in total. The quantitative estimate of drug-likeness (QED) is 0.450. The van der Waals surface area contributed by atoms with E-state index in [9.17, 15) is 4.79 Å². The van der Waals surface area contributed by atoms with Crippen molar-refractivity contribution in [3.8, 4) is 0 Å². The molecule has 0 saturated heterocycles. The number of nitrogens with one attached hydrogen (secondary N) is 2. The minimum Gasteiger partial charge on any atom is -0.361 e. The van der Waals surface area contributed by atoms with Gasteiger partial charge >= 0.3 is 0 Å². The fourth-order valence-electron chi connectivity index (χ4n) is 2.80. The first-order chi connectivity index (χ1) is 11.7. The van der Waals surface area contributed by atoms with Crippen molar-refractivity contribution in [1.29, 1.82) is 0 Å². The number of aromatic amines is 1. The van der Waals surface area contributed by atoms with E-state index in [-0.39, 0.29) is 5.91 Å². The van der Waals surface area contributed by atoms with Crippen molar-refractivity contribution in [1.82, 2.24) is 19.8 Å². The van der Waals surface area contributed by atoms with E-state index >= 15 is 0 Å². The van der Waals surface area contributed by atoms with Crippen molar-refractivity contribution in [3.63, 3.8) is 0 Å². The summed E-state index contributed by atoms with van der Waals surface area (Å²) >= 11 is 0. The van der Waals surface area contributed by atoms with Gasteiger partial charge in [0.2, 0.25) is 0 Å². The summed E-state index contributed by atoms with van der Waals surface area (Å²) in [5.74, 6) is -0.290. The maximum absolute atomic E-state index is 12.4. The highest BCUT2D eigenvalue weighted by Crippen LogP contribution is 2.15. The lowest BCUT2D eigenvalue weighted by Gasteiger charge is -2.01. The molecule has 0 radical (unpaired) electrons. The highest BCUT2D eigenvalue weighted by Gasteiger charge is 2.15.